The number of hydrogen-bond donors (Lipinski definition) is 2. The zero-order chi connectivity index (χ0) is 25.6. The molecule has 0 amide bonds. The Hall–Kier alpha value is -1.09. The van der Waals surface area contributed by atoms with Gasteiger partial charge < -0.3 is 30.0 Å². The van der Waals surface area contributed by atoms with Gasteiger partial charge in [0.2, 0.25) is 0 Å². The van der Waals surface area contributed by atoms with E-state index in [0.29, 0.717) is 26.1 Å². The van der Waals surface area contributed by atoms with E-state index in [4.69, 9.17) is 10.2 Å². The van der Waals surface area contributed by atoms with Crippen LogP contribution >= 0.6 is 0 Å². The van der Waals surface area contributed by atoms with Crippen LogP contribution in [-0.2, 0) is 40.9 Å². The first-order chi connectivity index (χ1) is 15.2. The van der Waals surface area contributed by atoms with Gasteiger partial charge in [-0.2, -0.15) is 0 Å². The van der Waals surface area contributed by atoms with Crippen molar-refractivity contribution in [1.82, 2.24) is 0 Å². The predicted octanol–water partition coefficient (Wildman–Crippen LogP) is 2.11. The van der Waals surface area contributed by atoms with Crippen LogP contribution in [0, 0.1) is 0 Å². The fraction of sp³-hybridized carbons (Fsp3) is 0.833. The molecule has 194 valence electrons. The summed E-state index contributed by atoms with van der Waals surface area (Å²) in [5, 5.41) is 36.0. The maximum Gasteiger partial charge on any atom is 2.00 e. The van der Waals surface area contributed by atoms with Crippen molar-refractivity contribution < 1.29 is 61.3 Å². The maximum atomic E-state index is 10.7. The van der Waals surface area contributed by atoms with E-state index < -0.39 is 24.8 Å². The molecule has 0 bridgehead atoms. The molecule has 0 aliphatic carbocycles. The molecule has 9 heteroatoms. The monoisotopic (exact) mass is 510 g/mol. The molecular formula is C24H46O8Ti. The molecule has 0 heterocycles. The van der Waals surface area contributed by atoms with Gasteiger partial charge in [0, 0.05) is 50.8 Å². The Morgan fingerprint density at radius 2 is 0.818 bits per heavy atom. The van der Waals surface area contributed by atoms with Crippen molar-refractivity contribution in [2.75, 3.05) is 13.2 Å². The number of carboxylic acid groups (broad SMARTS) is 2. The number of hydrogen-bond acceptors (Lipinski definition) is 8. The van der Waals surface area contributed by atoms with Crippen molar-refractivity contribution in [1.29, 1.82) is 0 Å². The number of aliphatic carboxylic acids is 2. The first kappa shape index (κ1) is 42.1. The van der Waals surface area contributed by atoms with Crippen LogP contribution in [0.2, 0.25) is 0 Å². The van der Waals surface area contributed by atoms with Crippen LogP contribution in [-0.4, -0.2) is 46.9 Å². The van der Waals surface area contributed by atoms with Gasteiger partial charge in [0.1, 0.15) is 11.6 Å². The summed E-state index contributed by atoms with van der Waals surface area (Å²) in [5.74, 6) is -2.99. The largest absolute Gasteiger partial charge is 2.00 e. The third-order valence-electron chi connectivity index (χ3n) is 3.82. The van der Waals surface area contributed by atoms with Crippen molar-refractivity contribution in [2.24, 2.45) is 0 Å². The molecule has 0 aromatic heterocycles. The van der Waals surface area contributed by atoms with E-state index in [9.17, 15) is 29.4 Å². The number of Topliss-reactive ketones (excluding diaryl/α,β-unsaturated/α-hetero) is 2. The zero-order valence-electron chi connectivity index (χ0n) is 21.2. The first-order valence-corrected chi connectivity index (χ1v) is 11.8. The normalized spacial score (nSPS) is 8.91. The summed E-state index contributed by atoms with van der Waals surface area (Å²) in [6, 6.07) is 0. The Balaban J connectivity index is -0.000000112. The zero-order valence-corrected chi connectivity index (χ0v) is 22.7. The van der Waals surface area contributed by atoms with E-state index in [1.807, 2.05) is 13.8 Å². The minimum absolute atomic E-state index is 0. The standard InChI is InChI=1S/2C8H14O3.2C4H10O.Ti/c2*1-2-3-4-5-7(9)6-8(10)11;2*1-2-3-4-5;/h2*2-6H2,1H3,(H,10,11);2*5H,2-4H2,1H3;/q;;;;+2/p-2. The predicted molar refractivity (Wildman–Crippen MR) is 122 cm³/mol. The third kappa shape index (κ3) is 59.1. The molecule has 0 atom stereocenters. The molecule has 0 aliphatic heterocycles. The molecule has 0 radical (unpaired) electrons. The van der Waals surface area contributed by atoms with Gasteiger partial charge in [-0.15, -0.1) is 0 Å². The molecule has 2 N–H and O–H groups in total. The van der Waals surface area contributed by atoms with Crippen molar-refractivity contribution >= 4 is 23.5 Å². The number of ketones is 2. The summed E-state index contributed by atoms with van der Waals surface area (Å²) >= 11 is 0. The molecule has 33 heavy (non-hydrogen) atoms. The molecule has 0 aromatic rings. The number of carboxylic acids is 2. The van der Waals surface area contributed by atoms with Crippen molar-refractivity contribution in [3.05, 3.63) is 0 Å². The summed E-state index contributed by atoms with van der Waals surface area (Å²) < 4.78 is 0. The summed E-state index contributed by atoms with van der Waals surface area (Å²) in [4.78, 5) is 41.2. The maximum absolute atomic E-state index is 10.7. The summed E-state index contributed by atoms with van der Waals surface area (Å²) in [6.45, 7) is 8.85. The number of aliphatic hydroxyl groups excluding tert-OH is 2. The van der Waals surface area contributed by atoms with Crippen molar-refractivity contribution in [3.8, 4) is 0 Å². The van der Waals surface area contributed by atoms with Gasteiger partial charge in [0.25, 0.3) is 0 Å². The minimum Gasteiger partial charge on any atom is -0.550 e. The van der Waals surface area contributed by atoms with Gasteiger partial charge in [-0.1, -0.05) is 66.2 Å². The van der Waals surface area contributed by atoms with Gasteiger partial charge in [-0.3, -0.25) is 9.59 Å². The van der Waals surface area contributed by atoms with E-state index in [-0.39, 0.29) is 33.3 Å². The van der Waals surface area contributed by atoms with E-state index >= 15 is 0 Å². The van der Waals surface area contributed by atoms with E-state index in [2.05, 4.69) is 13.8 Å². The number of unbranched alkanes of at least 4 members (excludes halogenated alkanes) is 6. The minimum atomic E-state index is -1.27. The number of aliphatic hydroxyl groups is 2. The third-order valence-corrected chi connectivity index (χ3v) is 3.82. The molecule has 0 saturated heterocycles. The van der Waals surface area contributed by atoms with Crippen LogP contribution in [0.15, 0.2) is 0 Å². The van der Waals surface area contributed by atoms with Crippen LogP contribution in [0.25, 0.3) is 0 Å². The van der Waals surface area contributed by atoms with Crippen LogP contribution in [0.3, 0.4) is 0 Å². The van der Waals surface area contributed by atoms with Gasteiger partial charge >= 0.3 is 21.7 Å². The molecule has 0 rings (SSSR count). The average Bonchev–Trinajstić information content (AvgIpc) is 2.70. The fourth-order valence-corrected chi connectivity index (χ4v) is 1.96. The Morgan fingerprint density at radius 3 is 0.970 bits per heavy atom. The quantitative estimate of drug-likeness (QED) is 0.182. The van der Waals surface area contributed by atoms with Gasteiger partial charge in [-0.25, -0.2) is 0 Å². The second-order valence-electron chi connectivity index (χ2n) is 7.24. The summed E-state index contributed by atoms with van der Waals surface area (Å²) in [5.41, 5.74) is 0. The molecule has 0 fully saturated rings. The van der Waals surface area contributed by atoms with Crippen LogP contribution in [0.4, 0.5) is 0 Å². The molecular weight excluding hydrogens is 464 g/mol. The number of carbonyl (C=O) groups is 4. The second kappa shape index (κ2) is 38.2. The Labute approximate surface area is 215 Å². The Bertz CT molecular complexity index is 398. The summed E-state index contributed by atoms with van der Waals surface area (Å²) in [6.07, 6.45) is 9.62. The number of rotatable bonds is 16. The summed E-state index contributed by atoms with van der Waals surface area (Å²) in [7, 11) is 0. The second-order valence-corrected chi connectivity index (χ2v) is 7.24. The molecule has 0 spiro atoms. The SMILES string of the molecule is CCCCCC(=O)CC(=O)[O-].CCCCCC(=O)CC(=O)[O-].CCCCO.CCCCO.[Ti+2]. The molecule has 8 nitrogen and oxygen atoms in total. The van der Waals surface area contributed by atoms with E-state index in [1.165, 1.54) is 0 Å². The van der Waals surface area contributed by atoms with Crippen molar-refractivity contribution in [3.63, 3.8) is 0 Å². The Kier molecular flexibility index (Phi) is 48.7. The van der Waals surface area contributed by atoms with Gasteiger partial charge in [0.15, 0.2) is 0 Å². The van der Waals surface area contributed by atoms with E-state index in [0.717, 1.165) is 64.2 Å². The molecule has 0 aromatic carbocycles. The topological polar surface area (TPSA) is 155 Å². The van der Waals surface area contributed by atoms with Crippen LogP contribution in [0.5, 0.6) is 0 Å². The van der Waals surface area contributed by atoms with Crippen LogP contribution in [0.1, 0.15) is 118 Å². The first-order valence-electron chi connectivity index (χ1n) is 11.8. The van der Waals surface area contributed by atoms with Gasteiger partial charge in [-0.05, 0) is 25.7 Å². The average molecular weight is 510 g/mol. The van der Waals surface area contributed by atoms with Crippen molar-refractivity contribution in [2.45, 2.75) is 118 Å². The fourth-order valence-electron chi connectivity index (χ4n) is 1.96. The molecule has 0 aliphatic rings. The van der Waals surface area contributed by atoms with E-state index in [1.54, 1.807) is 0 Å². The van der Waals surface area contributed by atoms with Crippen LogP contribution < -0.4 is 10.2 Å². The molecule has 0 unspecified atom stereocenters. The van der Waals surface area contributed by atoms with Gasteiger partial charge in [0.05, 0.1) is 0 Å². The Morgan fingerprint density at radius 1 is 0.545 bits per heavy atom. The molecule has 0 saturated carbocycles. The number of carbonyl (C=O) groups excluding carboxylic acids is 4. The smallest absolute Gasteiger partial charge is 0.550 e.